The third-order valence-corrected chi connectivity index (χ3v) is 6.95. The van der Waals surface area contributed by atoms with Crippen molar-refractivity contribution in [1.82, 2.24) is 14.8 Å². The first-order chi connectivity index (χ1) is 13.9. The lowest BCUT2D eigenvalue weighted by molar-refractivity contribution is -0.164. The highest BCUT2D eigenvalue weighted by atomic mass is 16.2. The first-order valence-corrected chi connectivity index (χ1v) is 11.1. The van der Waals surface area contributed by atoms with Crippen LogP contribution in [-0.4, -0.2) is 45.7 Å². The van der Waals surface area contributed by atoms with Crippen LogP contribution in [0.25, 0.3) is 10.9 Å². The van der Waals surface area contributed by atoms with E-state index in [-0.39, 0.29) is 18.4 Å². The highest BCUT2D eigenvalue weighted by molar-refractivity contribution is 5.97. The van der Waals surface area contributed by atoms with Gasteiger partial charge in [-0.2, -0.15) is 0 Å². The Morgan fingerprint density at radius 2 is 1.97 bits per heavy atom. The summed E-state index contributed by atoms with van der Waals surface area (Å²) in [7, 11) is 0. The SMILES string of the molecule is CCCC[C@@H](CC)CN1CC(=O)N2[C@@H](Cc3c([nH]c4ccccc34)C2(C)C)C1=O. The lowest BCUT2D eigenvalue weighted by Gasteiger charge is -2.51. The number of hydrogen-bond acceptors (Lipinski definition) is 2. The standard InChI is InChI=1S/C24H33N3O2/c1-5-7-10-16(6-2)14-26-15-21(28)27-20(23(26)29)13-18-17-11-8-9-12-19(17)25-22(18)24(27,3)4/h8-9,11-12,16,20,25H,5-7,10,13-15H2,1-4H3/t16-,20+/m1/s1. The molecule has 1 saturated heterocycles. The zero-order valence-corrected chi connectivity index (χ0v) is 18.1. The summed E-state index contributed by atoms with van der Waals surface area (Å²) in [6.07, 6.45) is 5.10. The van der Waals surface area contributed by atoms with Gasteiger partial charge in [0.15, 0.2) is 0 Å². The summed E-state index contributed by atoms with van der Waals surface area (Å²) in [5.74, 6) is 0.649. The Bertz CT molecular complexity index is 929. The molecule has 0 aliphatic carbocycles. The predicted octanol–water partition coefficient (Wildman–Crippen LogP) is 4.21. The number of hydrogen-bond donors (Lipinski definition) is 1. The highest BCUT2D eigenvalue weighted by Gasteiger charge is 2.51. The smallest absolute Gasteiger partial charge is 0.246 e. The number of piperazine rings is 1. The molecule has 1 aromatic carbocycles. The van der Waals surface area contributed by atoms with Gasteiger partial charge in [-0.1, -0.05) is 51.3 Å². The van der Waals surface area contributed by atoms with Gasteiger partial charge in [0.05, 0.1) is 12.1 Å². The van der Waals surface area contributed by atoms with E-state index in [4.69, 9.17) is 0 Å². The predicted molar refractivity (Wildman–Crippen MR) is 116 cm³/mol. The van der Waals surface area contributed by atoms with Gasteiger partial charge in [-0.05, 0) is 37.8 Å². The Hall–Kier alpha value is -2.30. The molecule has 2 atom stereocenters. The molecule has 0 unspecified atom stereocenters. The molecule has 0 bridgehead atoms. The fraction of sp³-hybridized carbons (Fsp3) is 0.583. The number of amides is 2. The number of aromatic amines is 1. The number of H-pyrrole nitrogens is 1. The van der Waals surface area contributed by atoms with Crippen molar-refractivity contribution in [1.29, 1.82) is 0 Å². The molecule has 2 aliphatic heterocycles. The molecular weight excluding hydrogens is 362 g/mol. The number of carbonyl (C=O) groups excluding carboxylic acids is 2. The van der Waals surface area contributed by atoms with Gasteiger partial charge in [0, 0.05) is 29.6 Å². The van der Waals surface area contributed by atoms with Crippen LogP contribution in [-0.2, 0) is 21.5 Å². The number of unbranched alkanes of at least 4 members (excludes halogenated alkanes) is 1. The van der Waals surface area contributed by atoms with Gasteiger partial charge in [-0.15, -0.1) is 0 Å². The van der Waals surface area contributed by atoms with Crippen LogP contribution in [0.5, 0.6) is 0 Å². The van der Waals surface area contributed by atoms with E-state index in [1.54, 1.807) is 0 Å². The van der Waals surface area contributed by atoms with Crippen LogP contribution in [0, 0.1) is 5.92 Å². The van der Waals surface area contributed by atoms with Gasteiger partial charge in [0.25, 0.3) is 0 Å². The van der Waals surface area contributed by atoms with E-state index >= 15 is 0 Å². The fourth-order valence-electron chi connectivity index (χ4n) is 5.32. The molecule has 156 valence electrons. The molecule has 2 amide bonds. The van der Waals surface area contributed by atoms with E-state index in [2.05, 4.69) is 44.8 Å². The summed E-state index contributed by atoms with van der Waals surface area (Å²) >= 11 is 0. The van der Waals surface area contributed by atoms with Crippen LogP contribution in [0.3, 0.4) is 0 Å². The molecule has 1 aromatic heterocycles. The Morgan fingerprint density at radius 3 is 2.69 bits per heavy atom. The minimum atomic E-state index is -0.525. The summed E-state index contributed by atoms with van der Waals surface area (Å²) < 4.78 is 0. The van der Waals surface area contributed by atoms with Gasteiger partial charge in [0.2, 0.25) is 11.8 Å². The van der Waals surface area contributed by atoms with E-state index in [1.165, 1.54) is 17.4 Å². The van der Waals surface area contributed by atoms with Gasteiger partial charge >= 0.3 is 0 Å². The first kappa shape index (κ1) is 20.0. The summed E-state index contributed by atoms with van der Waals surface area (Å²) in [6.45, 7) is 9.41. The molecule has 1 N–H and O–H groups in total. The van der Waals surface area contributed by atoms with Crippen molar-refractivity contribution in [3.8, 4) is 0 Å². The molecule has 5 heteroatoms. The molecule has 2 aliphatic rings. The van der Waals surface area contributed by atoms with E-state index in [0.29, 0.717) is 18.9 Å². The lowest BCUT2D eigenvalue weighted by Crippen LogP contribution is -2.67. The molecule has 2 aromatic rings. The van der Waals surface area contributed by atoms with Gasteiger partial charge < -0.3 is 14.8 Å². The van der Waals surface area contributed by atoms with Crippen molar-refractivity contribution in [3.05, 3.63) is 35.5 Å². The highest BCUT2D eigenvalue weighted by Crippen LogP contribution is 2.42. The summed E-state index contributed by atoms with van der Waals surface area (Å²) in [5.41, 5.74) is 2.81. The minimum Gasteiger partial charge on any atom is -0.356 e. The number of benzene rings is 1. The molecule has 1 fully saturated rings. The topological polar surface area (TPSA) is 56.4 Å². The van der Waals surface area contributed by atoms with Crippen molar-refractivity contribution < 1.29 is 9.59 Å². The molecule has 0 spiro atoms. The maximum Gasteiger partial charge on any atom is 0.246 e. The molecule has 3 heterocycles. The molecule has 4 rings (SSSR count). The normalized spacial score (nSPS) is 22.0. The summed E-state index contributed by atoms with van der Waals surface area (Å²) in [6, 6.07) is 7.83. The van der Waals surface area contributed by atoms with Crippen molar-refractivity contribution in [2.24, 2.45) is 5.92 Å². The van der Waals surface area contributed by atoms with E-state index in [0.717, 1.165) is 30.5 Å². The summed E-state index contributed by atoms with van der Waals surface area (Å²) in [4.78, 5) is 33.9. The fourth-order valence-corrected chi connectivity index (χ4v) is 5.32. The molecule has 0 saturated carbocycles. The second-order valence-corrected chi connectivity index (χ2v) is 9.20. The van der Waals surface area contributed by atoms with Crippen molar-refractivity contribution in [2.75, 3.05) is 13.1 Å². The Balaban J connectivity index is 1.67. The maximum atomic E-state index is 13.5. The van der Waals surface area contributed by atoms with Crippen molar-refractivity contribution in [3.63, 3.8) is 0 Å². The molecule has 5 nitrogen and oxygen atoms in total. The van der Waals surface area contributed by atoms with Crippen LogP contribution in [0.15, 0.2) is 24.3 Å². The zero-order valence-electron chi connectivity index (χ0n) is 18.1. The van der Waals surface area contributed by atoms with Gasteiger partial charge in [-0.25, -0.2) is 0 Å². The number of carbonyl (C=O) groups is 2. The quantitative estimate of drug-likeness (QED) is 0.796. The minimum absolute atomic E-state index is 0.0641. The zero-order chi connectivity index (χ0) is 20.8. The Kier molecular flexibility index (Phi) is 5.18. The second-order valence-electron chi connectivity index (χ2n) is 9.20. The van der Waals surface area contributed by atoms with Gasteiger partial charge in [0.1, 0.15) is 6.04 Å². The van der Waals surface area contributed by atoms with Crippen LogP contribution >= 0.6 is 0 Å². The van der Waals surface area contributed by atoms with Crippen LogP contribution < -0.4 is 0 Å². The van der Waals surface area contributed by atoms with Crippen LogP contribution in [0.2, 0.25) is 0 Å². The van der Waals surface area contributed by atoms with E-state index < -0.39 is 11.6 Å². The van der Waals surface area contributed by atoms with E-state index in [1.807, 2.05) is 21.9 Å². The largest absolute Gasteiger partial charge is 0.356 e. The Labute approximate surface area is 173 Å². The van der Waals surface area contributed by atoms with Crippen molar-refractivity contribution >= 4 is 22.7 Å². The number of rotatable bonds is 6. The summed E-state index contributed by atoms with van der Waals surface area (Å²) in [5, 5.41) is 1.17. The van der Waals surface area contributed by atoms with Gasteiger partial charge in [-0.3, -0.25) is 9.59 Å². The molecule has 0 radical (unpaired) electrons. The lowest BCUT2D eigenvalue weighted by atomic mass is 9.82. The molecule has 29 heavy (non-hydrogen) atoms. The number of para-hydroxylation sites is 1. The van der Waals surface area contributed by atoms with E-state index in [9.17, 15) is 9.59 Å². The number of nitrogens with zero attached hydrogens (tertiary/aromatic N) is 2. The third kappa shape index (κ3) is 3.24. The van der Waals surface area contributed by atoms with Crippen LogP contribution in [0.4, 0.5) is 0 Å². The number of aromatic nitrogens is 1. The maximum absolute atomic E-state index is 13.5. The monoisotopic (exact) mass is 395 g/mol. The average molecular weight is 396 g/mol. The average Bonchev–Trinajstić information content (AvgIpc) is 3.08. The van der Waals surface area contributed by atoms with Crippen molar-refractivity contribution in [2.45, 2.75) is 71.4 Å². The Morgan fingerprint density at radius 1 is 1.21 bits per heavy atom. The second kappa shape index (κ2) is 7.51. The number of nitrogens with one attached hydrogen (secondary N) is 1. The first-order valence-electron chi connectivity index (χ1n) is 11.1. The number of fused-ring (bicyclic) bond motifs is 4. The molecular formula is C24H33N3O2. The van der Waals surface area contributed by atoms with Crippen LogP contribution in [0.1, 0.15) is 64.6 Å². The third-order valence-electron chi connectivity index (χ3n) is 6.95.